The van der Waals surface area contributed by atoms with Gasteiger partial charge in [0.15, 0.2) is 6.29 Å². The molecule has 0 N–H and O–H groups in total. The smallest absolute Gasteiger partial charge is 0.181 e. The molecule has 1 heterocycles. The van der Waals surface area contributed by atoms with Crippen molar-refractivity contribution in [2.24, 2.45) is 0 Å². The second kappa shape index (κ2) is 2.82. The topological polar surface area (TPSA) is 18.5 Å². The quantitative estimate of drug-likeness (QED) is 0.465. The van der Waals surface area contributed by atoms with E-state index < -0.39 is 0 Å². The fourth-order valence-corrected chi connectivity index (χ4v) is 1.40. The summed E-state index contributed by atoms with van der Waals surface area (Å²) >= 11 is 3.28. The Labute approximate surface area is 63.0 Å². The predicted molar refractivity (Wildman–Crippen MR) is 38.4 cm³/mol. The van der Waals surface area contributed by atoms with Crippen LogP contribution in [0.25, 0.3) is 0 Å². The maximum atomic E-state index is 5.22. The molecule has 0 radical (unpaired) electrons. The van der Waals surface area contributed by atoms with Gasteiger partial charge in [-0.05, 0) is 18.6 Å². The maximum absolute atomic E-state index is 5.22. The molecule has 0 aromatic heterocycles. The van der Waals surface area contributed by atoms with Crippen molar-refractivity contribution in [1.29, 1.82) is 0 Å². The van der Waals surface area contributed by atoms with E-state index in [-0.39, 0.29) is 11.3 Å². The molecule has 3 heteroatoms. The minimum Gasteiger partial charge on any atom is -0.352 e. The molecule has 2 unspecified atom stereocenters. The van der Waals surface area contributed by atoms with Crippen molar-refractivity contribution < 1.29 is 9.47 Å². The van der Waals surface area contributed by atoms with Crippen LogP contribution in [0, 0.1) is 0 Å². The van der Waals surface area contributed by atoms with Gasteiger partial charge in [0.1, 0.15) is 5.01 Å². The molecule has 0 aromatic rings. The van der Waals surface area contributed by atoms with E-state index in [2.05, 4.69) is 15.9 Å². The van der Waals surface area contributed by atoms with Crippen LogP contribution in [-0.4, -0.2) is 18.4 Å². The summed E-state index contributed by atoms with van der Waals surface area (Å²) in [5.41, 5.74) is 1.12. The third-order valence-corrected chi connectivity index (χ3v) is 1.71. The van der Waals surface area contributed by atoms with Crippen LogP contribution in [0.5, 0.6) is 0 Å². The first kappa shape index (κ1) is 7.25. The summed E-state index contributed by atoms with van der Waals surface area (Å²) in [4.78, 5) is 0. The number of hydrogen-bond acceptors (Lipinski definition) is 2. The molecule has 2 atom stereocenters. The van der Waals surface area contributed by atoms with Crippen molar-refractivity contribution in [3.05, 3.63) is 11.6 Å². The number of methoxy groups -OCH3 is 1. The van der Waals surface area contributed by atoms with Crippen molar-refractivity contribution in [2.45, 2.75) is 18.2 Å². The highest BCUT2D eigenvalue weighted by Gasteiger charge is 2.20. The molecule has 52 valence electrons. The van der Waals surface area contributed by atoms with Gasteiger partial charge in [-0.25, -0.2) is 0 Å². The molecule has 2 nitrogen and oxygen atoms in total. The first-order valence-electron chi connectivity index (χ1n) is 2.74. The largest absolute Gasteiger partial charge is 0.352 e. The average Bonchev–Trinajstić information content (AvgIpc) is 2.10. The summed E-state index contributed by atoms with van der Waals surface area (Å²) in [6.45, 7) is 1.98. The Hall–Kier alpha value is 0.140. The Balaban J connectivity index is 2.53. The highest BCUT2D eigenvalue weighted by molar-refractivity contribution is 9.09. The summed E-state index contributed by atoms with van der Waals surface area (Å²) in [5.74, 6) is 0. The summed E-state index contributed by atoms with van der Waals surface area (Å²) in [6.07, 6.45) is 1.84. The van der Waals surface area contributed by atoms with E-state index >= 15 is 0 Å². The van der Waals surface area contributed by atoms with Gasteiger partial charge in [0.25, 0.3) is 0 Å². The van der Waals surface area contributed by atoms with E-state index in [1.807, 2.05) is 13.0 Å². The van der Waals surface area contributed by atoms with E-state index in [1.165, 1.54) is 0 Å². The maximum Gasteiger partial charge on any atom is 0.181 e. The molecule has 0 aromatic carbocycles. The van der Waals surface area contributed by atoms with Crippen LogP contribution >= 0.6 is 15.9 Å². The Morgan fingerprint density at radius 3 is 2.67 bits per heavy atom. The van der Waals surface area contributed by atoms with Crippen molar-refractivity contribution >= 4 is 15.9 Å². The van der Waals surface area contributed by atoms with Gasteiger partial charge in [0, 0.05) is 7.11 Å². The first-order valence-corrected chi connectivity index (χ1v) is 3.66. The second-order valence-electron chi connectivity index (χ2n) is 1.97. The first-order chi connectivity index (χ1) is 4.24. The van der Waals surface area contributed by atoms with Crippen LogP contribution < -0.4 is 0 Å². The fourth-order valence-electron chi connectivity index (χ4n) is 0.791. The van der Waals surface area contributed by atoms with Gasteiger partial charge in [-0.3, -0.25) is 0 Å². The zero-order chi connectivity index (χ0) is 6.85. The van der Waals surface area contributed by atoms with Crippen molar-refractivity contribution in [3.8, 4) is 0 Å². The SMILES string of the molecule is COC1OC(Br)C=C1C. The van der Waals surface area contributed by atoms with Gasteiger partial charge in [-0.15, -0.1) is 0 Å². The normalized spacial score (nSPS) is 34.8. The fraction of sp³-hybridized carbons (Fsp3) is 0.667. The molecule has 0 aliphatic carbocycles. The Morgan fingerprint density at radius 2 is 2.44 bits per heavy atom. The molecule has 0 bridgehead atoms. The molecule has 1 aliphatic rings. The molecule has 0 fully saturated rings. The number of rotatable bonds is 1. The van der Waals surface area contributed by atoms with Gasteiger partial charge in [0.2, 0.25) is 0 Å². The zero-order valence-corrected chi connectivity index (χ0v) is 7.01. The van der Waals surface area contributed by atoms with Crippen molar-refractivity contribution in [3.63, 3.8) is 0 Å². The number of alkyl halides is 1. The lowest BCUT2D eigenvalue weighted by atomic mass is 10.3. The van der Waals surface area contributed by atoms with E-state index in [4.69, 9.17) is 9.47 Å². The number of hydrogen-bond donors (Lipinski definition) is 0. The van der Waals surface area contributed by atoms with E-state index in [0.717, 1.165) is 5.57 Å². The minimum atomic E-state index is -0.144. The molecular formula is C6H9BrO2. The van der Waals surface area contributed by atoms with Crippen LogP contribution in [0.2, 0.25) is 0 Å². The van der Waals surface area contributed by atoms with Crippen LogP contribution in [0.4, 0.5) is 0 Å². The highest BCUT2D eigenvalue weighted by Crippen LogP contribution is 2.22. The van der Waals surface area contributed by atoms with Crippen molar-refractivity contribution in [2.75, 3.05) is 7.11 Å². The van der Waals surface area contributed by atoms with E-state index in [1.54, 1.807) is 7.11 Å². The van der Waals surface area contributed by atoms with Crippen LogP contribution in [0.3, 0.4) is 0 Å². The third-order valence-electron chi connectivity index (χ3n) is 1.23. The lowest BCUT2D eigenvalue weighted by molar-refractivity contribution is -0.0816. The summed E-state index contributed by atoms with van der Waals surface area (Å²) in [6, 6.07) is 0. The second-order valence-corrected chi connectivity index (χ2v) is 2.87. The monoisotopic (exact) mass is 192 g/mol. The Morgan fingerprint density at radius 1 is 1.78 bits per heavy atom. The molecule has 0 saturated heterocycles. The van der Waals surface area contributed by atoms with Gasteiger partial charge in [-0.1, -0.05) is 15.9 Å². The highest BCUT2D eigenvalue weighted by atomic mass is 79.9. The molecular weight excluding hydrogens is 184 g/mol. The Bertz CT molecular complexity index is 133. The van der Waals surface area contributed by atoms with Gasteiger partial charge >= 0.3 is 0 Å². The minimum absolute atomic E-state index is 0.0300. The number of halogens is 1. The van der Waals surface area contributed by atoms with Crippen LogP contribution in [-0.2, 0) is 9.47 Å². The third kappa shape index (κ3) is 1.53. The van der Waals surface area contributed by atoms with Crippen LogP contribution in [0.15, 0.2) is 11.6 Å². The molecule has 0 amide bonds. The lowest BCUT2D eigenvalue weighted by Gasteiger charge is -2.09. The van der Waals surface area contributed by atoms with Crippen LogP contribution in [0.1, 0.15) is 6.92 Å². The molecule has 1 rings (SSSR count). The van der Waals surface area contributed by atoms with Gasteiger partial charge in [-0.2, -0.15) is 0 Å². The zero-order valence-electron chi connectivity index (χ0n) is 5.43. The number of ether oxygens (including phenoxy) is 2. The Kier molecular flexibility index (Phi) is 2.27. The van der Waals surface area contributed by atoms with Gasteiger partial charge in [0.05, 0.1) is 0 Å². The predicted octanol–water partition coefficient (Wildman–Crippen LogP) is 1.66. The summed E-state index contributed by atoms with van der Waals surface area (Å²) in [5, 5.41) is 0.0300. The van der Waals surface area contributed by atoms with E-state index in [0.29, 0.717) is 0 Å². The standard InChI is InChI=1S/C6H9BrO2/c1-4-3-5(7)9-6(4)8-2/h3,5-6H,1-2H3. The average molecular weight is 193 g/mol. The molecule has 0 saturated carbocycles. The lowest BCUT2D eigenvalue weighted by Crippen LogP contribution is -2.12. The summed E-state index contributed by atoms with van der Waals surface area (Å²) < 4.78 is 10.2. The summed E-state index contributed by atoms with van der Waals surface area (Å²) in [7, 11) is 1.63. The van der Waals surface area contributed by atoms with Crippen molar-refractivity contribution in [1.82, 2.24) is 0 Å². The van der Waals surface area contributed by atoms with E-state index in [9.17, 15) is 0 Å². The molecule has 9 heavy (non-hydrogen) atoms. The molecule has 1 aliphatic heterocycles. The van der Waals surface area contributed by atoms with Gasteiger partial charge < -0.3 is 9.47 Å². The molecule has 0 spiro atoms.